The standard InChI is InChI=1S/C15H20N2O2/c1-2-19-14-6-4-3-5-13(14)7-8-15(18)17-11-9-16-10-12-17/h3-8,16H,2,9-12H2,1H3. The van der Waals surface area contributed by atoms with Gasteiger partial charge in [-0.2, -0.15) is 0 Å². The summed E-state index contributed by atoms with van der Waals surface area (Å²) in [5.74, 6) is 0.877. The molecule has 0 unspecified atom stereocenters. The van der Waals surface area contributed by atoms with Crippen molar-refractivity contribution in [2.75, 3.05) is 32.8 Å². The molecule has 4 nitrogen and oxygen atoms in total. The van der Waals surface area contributed by atoms with E-state index in [9.17, 15) is 4.79 Å². The van der Waals surface area contributed by atoms with Crippen molar-refractivity contribution < 1.29 is 9.53 Å². The number of carbonyl (C=O) groups is 1. The van der Waals surface area contributed by atoms with Gasteiger partial charge >= 0.3 is 0 Å². The summed E-state index contributed by atoms with van der Waals surface area (Å²) in [6.45, 7) is 5.86. The number of carbonyl (C=O) groups excluding carboxylic acids is 1. The highest BCUT2D eigenvalue weighted by Gasteiger charge is 2.13. The zero-order valence-corrected chi connectivity index (χ0v) is 11.3. The van der Waals surface area contributed by atoms with Crippen molar-refractivity contribution in [1.29, 1.82) is 0 Å². The van der Waals surface area contributed by atoms with Crippen LogP contribution in [0.25, 0.3) is 6.08 Å². The number of benzene rings is 1. The molecule has 1 saturated heterocycles. The molecule has 1 aliphatic rings. The zero-order chi connectivity index (χ0) is 13.5. The Hall–Kier alpha value is -1.81. The van der Waals surface area contributed by atoms with E-state index in [2.05, 4.69) is 5.32 Å². The van der Waals surface area contributed by atoms with Gasteiger partial charge in [-0.1, -0.05) is 18.2 Å². The van der Waals surface area contributed by atoms with Crippen LogP contribution in [0, 0.1) is 0 Å². The molecule has 0 saturated carbocycles. The average Bonchev–Trinajstić information content (AvgIpc) is 2.47. The molecule has 0 spiro atoms. The first kappa shape index (κ1) is 13.6. The first-order chi connectivity index (χ1) is 9.31. The van der Waals surface area contributed by atoms with Crippen molar-refractivity contribution in [3.05, 3.63) is 35.9 Å². The lowest BCUT2D eigenvalue weighted by molar-refractivity contribution is -0.126. The average molecular weight is 260 g/mol. The Morgan fingerprint density at radius 3 is 2.84 bits per heavy atom. The molecule has 4 heteroatoms. The lowest BCUT2D eigenvalue weighted by atomic mass is 10.2. The summed E-state index contributed by atoms with van der Waals surface area (Å²) in [6.07, 6.45) is 3.46. The Morgan fingerprint density at radius 1 is 1.37 bits per heavy atom. The van der Waals surface area contributed by atoms with Gasteiger partial charge in [0.1, 0.15) is 5.75 Å². The van der Waals surface area contributed by atoms with Gasteiger partial charge in [-0.15, -0.1) is 0 Å². The van der Waals surface area contributed by atoms with Crippen molar-refractivity contribution in [3.63, 3.8) is 0 Å². The maximum atomic E-state index is 12.0. The molecule has 1 fully saturated rings. The minimum atomic E-state index is 0.0628. The second-order valence-corrected chi connectivity index (χ2v) is 4.38. The Bertz CT molecular complexity index is 451. The minimum absolute atomic E-state index is 0.0628. The third kappa shape index (κ3) is 3.83. The second kappa shape index (κ2) is 6.95. The van der Waals surface area contributed by atoms with E-state index in [4.69, 9.17) is 4.74 Å². The number of hydrogen-bond acceptors (Lipinski definition) is 3. The van der Waals surface area contributed by atoms with E-state index in [0.717, 1.165) is 37.5 Å². The van der Waals surface area contributed by atoms with Crippen LogP contribution in [0.3, 0.4) is 0 Å². The predicted molar refractivity (Wildman–Crippen MR) is 76.1 cm³/mol. The summed E-state index contributed by atoms with van der Waals surface area (Å²) in [7, 11) is 0. The van der Waals surface area contributed by atoms with Gasteiger partial charge in [0, 0.05) is 37.8 Å². The molecule has 1 amide bonds. The van der Waals surface area contributed by atoms with Crippen LogP contribution in [0.5, 0.6) is 5.75 Å². The second-order valence-electron chi connectivity index (χ2n) is 4.38. The molecule has 2 rings (SSSR count). The summed E-state index contributed by atoms with van der Waals surface area (Å²) in [6, 6.07) is 7.74. The summed E-state index contributed by atoms with van der Waals surface area (Å²) in [5.41, 5.74) is 0.938. The van der Waals surface area contributed by atoms with E-state index in [1.54, 1.807) is 6.08 Å². The minimum Gasteiger partial charge on any atom is -0.493 e. The van der Waals surface area contributed by atoms with Crippen LogP contribution < -0.4 is 10.1 Å². The third-order valence-electron chi connectivity index (χ3n) is 3.05. The first-order valence-electron chi connectivity index (χ1n) is 6.71. The molecule has 0 bridgehead atoms. The molecule has 1 aromatic carbocycles. The highest BCUT2D eigenvalue weighted by molar-refractivity contribution is 5.92. The van der Waals surface area contributed by atoms with Gasteiger partial charge in [-0.3, -0.25) is 4.79 Å². The Morgan fingerprint density at radius 2 is 2.11 bits per heavy atom. The summed E-state index contributed by atoms with van der Waals surface area (Å²) >= 11 is 0. The maximum absolute atomic E-state index is 12.0. The first-order valence-corrected chi connectivity index (χ1v) is 6.71. The Labute approximate surface area is 114 Å². The summed E-state index contributed by atoms with van der Waals surface area (Å²) in [5, 5.41) is 3.23. The lowest BCUT2D eigenvalue weighted by Gasteiger charge is -2.26. The topological polar surface area (TPSA) is 41.6 Å². The molecule has 1 aliphatic heterocycles. The Kier molecular flexibility index (Phi) is 4.98. The van der Waals surface area contributed by atoms with Gasteiger partial charge in [-0.25, -0.2) is 0 Å². The summed E-state index contributed by atoms with van der Waals surface area (Å²) < 4.78 is 5.53. The highest BCUT2D eigenvalue weighted by Crippen LogP contribution is 2.19. The fourth-order valence-corrected chi connectivity index (χ4v) is 2.06. The largest absolute Gasteiger partial charge is 0.493 e. The van der Waals surface area contributed by atoms with Crippen LogP contribution in [0.2, 0.25) is 0 Å². The zero-order valence-electron chi connectivity index (χ0n) is 11.3. The number of hydrogen-bond donors (Lipinski definition) is 1. The highest BCUT2D eigenvalue weighted by atomic mass is 16.5. The number of ether oxygens (including phenoxy) is 1. The smallest absolute Gasteiger partial charge is 0.246 e. The van der Waals surface area contributed by atoms with Crippen molar-refractivity contribution in [2.24, 2.45) is 0 Å². The molecule has 0 radical (unpaired) electrons. The Balaban J connectivity index is 2.03. The molecule has 102 valence electrons. The molecular formula is C15H20N2O2. The van der Waals surface area contributed by atoms with Crippen LogP contribution in [0.4, 0.5) is 0 Å². The van der Waals surface area contributed by atoms with Crippen molar-refractivity contribution in [2.45, 2.75) is 6.92 Å². The number of piperazine rings is 1. The van der Waals surface area contributed by atoms with Crippen LogP contribution in [-0.4, -0.2) is 43.6 Å². The van der Waals surface area contributed by atoms with Crippen LogP contribution in [0.1, 0.15) is 12.5 Å². The van der Waals surface area contributed by atoms with Gasteiger partial charge in [0.15, 0.2) is 0 Å². The monoisotopic (exact) mass is 260 g/mol. The van der Waals surface area contributed by atoms with E-state index < -0.39 is 0 Å². The van der Waals surface area contributed by atoms with Gasteiger partial charge in [0.25, 0.3) is 0 Å². The molecule has 19 heavy (non-hydrogen) atoms. The number of rotatable bonds is 4. The predicted octanol–water partition coefficient (Wildman–Crippen LogP) is 1.53. The molecule has 1 aromatic rings. The van der Waals surface area contributed by atoms with Crippen molar-refractivity contribution in [3.8, 4) is 5.75 Å². The van der Waals surface area contributed by atoms with E-state index in [-0.39, 0.29) is 5.91 Å². The third-order valence-corrected chi connectivity index (χ3v) is 3.05. The maximum Gasteiger partial charge on any atom is 0.246 e. The number of nitrogens with one attached hydrogen (secondary N) is 1. The van der Waals surface area contributed by atoms with Gasteiger partial charge in [0.2, 0.25) is 5.91 Å². The van der Waals surface area contributed by atoms with E-state index in [0.29, 0.717) is 6.61 Å². The molecule has 0 aromatic heterocycles. The lowest BCUT2D eigenvalue weighted by Crippen LogP contribution is -2.45. The summed E-state index contributed by atoms with van der Waals surface area (Å²) in [4.78, 5) is 13.9. The fraction of sp³-hybridized carbons (Fsp3) is 0.400. The molecule has 0 aliphatic carbocycles. The normalized spacial score (nSPS) is 15.7. The number of amides is 1. The van der Waals surface area contributed by atoms with Crippen molar-refractivity contribution >= 4 is 12.0 Å². The van der Waals surface area contributed by atoms with E-state index in [1.165, 1.54) is 0 Å². The number of para-hydroxylation sites is 1. The van der Waals surface area contributed by atoms with Crippen LogP contribution in [-0.2, 0) is 4.79 Å². The van der Waals surface area contributed by atoms with Gasteiger partial charge < -0.3 is 15.0 Å². The molecule has 0 atom stereocenters. The van der Waals surface area contributed by atoms with E-state index >= 15 is 0 Å². The molecule has 1 N–H and O–H groups in total. The van der Waals surface area contributed by atoms with Gasteiger partial charge in [0.05, 0.1) is 6.61 Å². The van der Waals surface area contributed by atoms with Gasteiger partial charge in [-0.05, 0) is 19.1 Å². The fourth-order valence-electron chi connectivity index (χ4n) is 2.06. The molecular weight excluding hydrogens is 240 g/mol. The van der Waals surface area contributed by atoms with E-state index in [1.807, 2.05) is 42.2 Å². The van der Waals surface area contributed by atoms with Crippen LogP contribution in [0.15, 0.2) is 30.3 Å². The van der Waals surface area contributed by atoms with Crippen LogP contribution >= 0.6 is 0 Å². The molecule has 1 heterocycles. The number of nitrogens with zero attached hydrogens (tertiary/aromatic N) is 1. The quantitative estimate of drug-likeness (QED) is 0.835. The SMILES string of the molecule is CCOc1ccccc1C=CC(=O)N1CCNCC1. The van der Waals surface area contributed by atoms with Crippen molar-refractivity contribution in [1.82, 2.24) is 10.2 Å².